The normalized spacial score (nSPS) is 27.7. The molecule has 0 aromatic carbocycles. The summed E-state index contributed by atoms with van der Waals surface area (Å²) in [6, 6.07) is -0.501. The molecule has 0 amide bonds. The van der Waals surface area contributed by atoms with Crippen LogP contribution in [0.3, 0.4) is 0 Å². The predicted octanol–water partition coefficient (Wildman–Crippen LogP) is 2.03. The van der Waals surface area contributed by atoms with Gasteiger partial charge in [-0.05, 0) is 6.92 Å². The summed E-state index contributed by atoms with van der Waals surface area (Å²) in [4.78, 5) is 19.4. The molecule has 1 atom stereocenters. The van der Waals surface area contributed by atoms with Gasteiger partial charge >= 0.3 is 0 Å². The molecular formula is C18H21F2N9O. The molecule has 3 aromatic heterocycles. The van der Waals surface area contributed by atoms with E-state index in [9.17, 15) is 8.78 Å². The largest absolute Gasteiger partial charge is 0.378 e. The summed E-state index contributed by atoms with van der Waals surface area (Å²) < 4.78 is 120. The molecule has 0 spiro atoms. The van der Waals surface area contributed by atoms with Crippen LogP contribution in [0.4, 0.5) is 32.4 Å². The van der Waals surface area contributed by atoms with Gasteiger partial charge in [-0.15, -0.1) is 0 Å². The Bertz CT molecular complexity index is 1430. The minimum Gasteiger partial charge on any atom is -0.378 e. The summed E-state index contributed by atoms with van der Waals surface area (Å²) in [5.74, 6) is -4.05. The zero-order chi connectivity index (χ0) is 30.8. The molecular weight excluding hydrogens is 396 g/mol. The molecule has 158 valence electrons. The van der Waals surface area contributed by atoms with Gasteiger partial charge < -0.3 is 24.8 Å². The van der Waals surface area contributed by atoms with E-state index in [0.29, 0.717) is 6.07 Å². The lowest BCUT2D eigenvalue weighted by Crippen LogP contribution is -2.37. The first-order valence-corrected chi connectivity index (χ1v) is 8.31. The average molecular weight is 428 g/mol. The van der Waals surface area contributed by atoms with Gasteiger partial charge in [0.2, 0.25) is 17.8 Å². The van der Waals surface area contributed by atoms with Crippen LogP contribution >= 0.6 is 0 Å². The van der Waals surface area contributed by atoms with Crippen LogP contribution in [-0.4, -0.2) is 55.6 Å². The van der Waals surface area contributed by atoms with E-state index in [1.807, 2.05) is 0 Å². The van der Waals surface area contributed by atoms with E-state index in [4.69, 9.17) is 15.1 Å². The second-order valence-corrected chi connectivity index (χ2v) is 5.83. The van der Waals surface area contributed by atoms with Gasteiger partial charge in [-0.3, -0.25) is 4.98 Å². The Kier molecular flexibility index (Phi) is 3.01. The highest BCUT2D eigenvalue weighted by molar-refractivity contribution is 5.52. The van der Waals surface area contributed by atoms with Crippen molar-refractivity contribution in [3.8, 4) is 0 Å². The fourth-order valence-corrected chi connectivity index (χ4v) is 2.38. The lowest BCUT2D eigenvalue weighted by atomic mass is 10.2. The fourth-order valence-electron chi connectivity index (χ4n) is 2.38. The number of anilines is 4. The summed E-state index contributed by atoms with van der Waals surface area (Å²) in [6.07, 6.45) is 2.77. The van der Waals surface area contributed by atoms with Crippen molar-refractivity contribution in [3.05, 3.63) is 42.1 Å². The molecule has 0 saturated carbocycles. The molecule has 0 aliphatic carbocycles. The summed E-state index contributed by atoms with van der Waals surface area (Å²) in [5, 5.41) is 5.15. The highest BCUT2D eigenvalue weighted by atomic mass is 19.1. The van der Waals surface area contributed by atoms with Crippen LogP contribution in [0.1, 0.15) is 33.7 Å². The second kappa shape index (κ2) is 8.53. The lowest BCUT2D eigenvalue weighted by molar-refractivity contribution is 0.122. The van der Waals surface area contributed by atoms with Crippen LogP contribution in [0.15, 0.2) is 24.8 Å². The van der Waals surface area contributed by atoms with Crippen molar-refractivity contribution in [1.29, 1.82) is 0 Å². The minimum absolute atomic E-state index is 0.00995. The maximum atomic E-state index is 14.3. The number of ether oxygens (including phenoxy) is 1. The molecule has 2 N–H and O–H groups in total. The van der Waals surface area contributed by atoms with Crippen molar-refractivity contribution in [1.82, 2.24) is 29.5 Å². The Morgan fingerprint density at radius 2 is 2.00 bits per heavy atom. The first-order chi connectivity index (χ1) is 18.7. The quantitative estimate of drug-likeness (QED) is 0.610. The van der Waals surface area contributed by atoms with Crippen molar-refractivity contribution in [2.45, 2.75) is 13.0 Å². The Morgan fingerprint density at radius 3 is 2.73 bits per heavy atom. The lowest BCUT2D eigenvalue weighted by Gasteiger charge is -2.27. The summed E-state index contributed by atoms with van der Waals surface area (Å²) in [6.45, 7) is -14.9. The molecule has 1 saturated heterocycles. The van der Waals surface area contributed by atoms with E-state index >= 15 is 0 Å². The van der Waals surface area contributed by atoms with Crippen LogP contribution in [-0.2, 0) is 11.7 Å². The average Bonchev–Trinajstić information content (AvgIpc) is 3.26. The van der Waals surface area contributed by atoms with Gasteiger partial charge in [-0.2, -0.15) is 15.0 Å². The van der Waals surface area contributed by atoms with E-state index in [0.717, 1.165) is 23.3 Å². The highest BCUT2D eigenvalue weighted by Gasteiger charge is 2.19. The molecule has 4 rings (SSSR count). The van der Waals surface area contributed by atoms with Crippen LogP contribution in [0.5, 0.6) is 0 Å². The van der Waals surface area contributed by atoms with E-state index in [-0.39, 0.29) is 16.4 Å². The third-order valence-corrected chi connectivity index (χ3v) is 3.66. The highest BCUT2D eigenvalue weighted by Crippen LogP contribution is 2.22. The van der Waals surface area contributed by atoms with Crippen molar-refractivity contribution in [2.75, 3.05) is 41.6 Å². The number of aryl methyl sites for hydroxylation is 1. The Hall–Kier alpha value is -3.41. The number of morpholine rings is 1. The molecule has 3 aromatic rings. The van der Waals surface area contributed by atoms with E-state index in [2.05, 4.69) is 40.3 Å². The van der Waals surface area contributed by atoms with Crippen LogP contribution in [0, 0.1) is 11.6 Å². The van der Waals surface area contributed by atoms with Gasteiger partial charge in [-0.1, -0.05) is 0 Å². The molecule has 0 unspecified atom stereocenters. The molecule has 30 heavy (non-hydrogen) atoms. The third-order valence-electron chi connectivity index (χ3n) is 3.66. The number of hydrogen-bond acceptors (Lipinski definition) is 9. The smallest absolute Gasteiger partial charge is 0.235 e. The standard InChI is InChI=1S/C18H21F2N9O/c1-11(15-13(20)7-12(19)8-21-15)23-16-25-17(24-14-9-28(2)10-22-14)27-18(26-16)29-3-5-30-6-4-29/h7-11H,3-6H2,1-2H3,(H2,23,24,25,26,27)/t11-/m0/s1/i2D3,3D2,4D2,5D2,6D2. The van der Waals surface area contributed by atoms with E-state index in [1.165, 1.54) is 6.92 Å². The number of imidazole rings is 1. The van der Waals surface area contributed by atoms with Crippen LogP contribution < -0.4 is 15.5 Å². The predicted molar refractivity (Wildman–Crippen MR) is 106 cm³/mol. The van der Waals surface area contributed by atoms with Crippen molar-refractivity contribution >= 4 is 23.7 Å². The van der Waals surface area contributed by atoms with Crippen molar-refractivity contribution in [2.24, 2.45) is 6.98 Å². The molecule has 0 bridgehead atoms. The van der Waals surface area contributed by atoms with Crippen LogP contribution in [0.2, 0.25) is 0 Å². The summed E-state index contributed by atoms with van der Waals surface area (Å²) >= 11 is 0. The van der Waals surface area contributed by atoms with Gasteiger partial charge in [0.15, 0.2) is 5.82 Å². The fraction of sp³-hybridized carbons (Fsp3) is 0.389. The molecule has 1 aliphatic heterocycles. The van der Waals surface area contributed by atoms with E-state index in [1.54, 1.807) is 0 Å². The Morgan fingerprint density at radius 1 is 1.20 bits per heavy atom. The molecule has 10 nitrogen and oxygen atoms in total. The zero-order valence-electron chi connectivity index (χ0n) is 26.2. The van der Waals surface area contributed by atoms with Gasteiger partial charge in [-0.25, -0.2) is 13.8 Å². The molecule has 0 radical (unpaired) electrons. The van der Waals surface area contributed by atoms with Gasteiger partial charge in [0.25, 0.3) is 0 Å². The number of nitrogens with zero attached hydrogens (tertiary/aromatic N) is 7. The number of rotatable bonds is 6. The van der Waals surface area contributed by atoms with Gasteiger partial charge in [0.1, 0.15) is 11.6 Å². The number of pyridine rings is 1. The topological polar surface area (TPSA) is 106 Å². The van der Waals surface area contributed by atoms with Crippen molar-refractivity contribution in [3.63, 3.8) is 0 Å². The first kappa shape index (κ1) is 10.6. The summed E-state index contributed by atoms with van der Waals surface area (Å²) in [7, 11) is 0. The number of hydrogen-bond donors (Lipinski definition) is 2. The van der Waals surface area contributed by atoms with Crippen LogP contribution in [0.25, 0.3) is 0 Å². The molecule has 4 heterocycles. The maximum absolute atomic E-state index is 14.3. The van der Waals surface area contributed by atoms with Gasteiger partial charge in [0, 0.05) is 36.3 Å². The second-order valence-electron chi connectivity index (χ2n) is 5.83. The molecule has 1 aliphatic rings. The third kappa shape index (κ3) is 4.59. The maximum Gasteiger partial charge on any atom is 0.235 e. The van der Waals surface area contributed by atoms with Gasteiger partial charge in [0.05, 0.1) is 48.3 Å². The number of nitrogens with one attached hydrogen (secondary N) is 2. The SMILES string of the molecule is [2H]C([2H])([2H])n1cnc(Nc2nc(N[C@@H](C)c3ncc(F)cc3F)nc(N3C([2H])([2H])C([2H])([2H])OC([2H])([2H])C3([2H])[2H])n2)c1. The van der Waals surface area contributed by atoms with Crippen molar-refractivity contribution < 1.29 is 28.6 Å². The number of halogens is 2. The Labute approximate surface area is 186 Å². The monoisotopic (exact) mass is 428 g/mol. The minimum atomic E-state index is -3.43. The van der Waals surface area contributed by atoms with E-state index < -0.39 is 68.6 Å². The Balaban J connectivity index is 1.83. The molecule has 12 heteroatoms. The first-order valence-electron chi connectivity index (χ1n) is 13.8. The number of aromatic nitrogens is 6. The zero-order valence-corrected chi connectivity index (χ0v) is 15.2. The molecule has 1 fully saturated rings. The summed E-state index contributed by atoms with van der Waals surface area (Å²) in [5.41, 5.74) is -0.288.